The molecule has 0 aromatic heterocycles. The van der Waals surface area contributed by atoms with Gasteiger partial charge in [0, 0.05) is 12.6 Å². The largest absolute Gasteiger partial charge is 0.465 e. The van der Waals surface area contributed by atoms with Crippen molar-refractivity contribution < 1.29 is 29.0 Å². The fourth-order valence-corrected chi connectivity index (χ4v) is 6.65. The summed E-state index contributed by atoms with van der Waals surface area (Å²) in [5, 5.41) is 10.2. The fraction of sp³-hybridized carbons (Fsp3) is 0.750. The van der Waals surface area contributed by atoms with Crippen LogP contribution in [0.25, 0.3) is 0 Å². The molecule has 8 nitrogen and oxygen atoms in total. The average molecular weight is 505 g/mol. The number of carbonyl (C=O) groups is 3. The third-order valence-electron chi connectivity index (χ3n) is 8.42. The van der Waals surface area contributed by atoms with Crippen LogP contribution in [-0.4, -0.2) is 81.8 Å². The van der Waals surface area contributed by atoms with Crippen LogP contribution in [0.4, 0.5) is 0 Å². The van der Waals surface area contributed by atoms with Crippen molar-refractivity contribution in [2.75, 3.05) is 19.8 Å². The Morgan fingerprint density at radius 2 is 2.03 bits per heavy atom. The van der Waals surface area contributed by atoms with E-state index in [0.717, 1.165) is 19.3 Å². The van der Waals surface area contributed by atoms with Gasteiger partial charge in [0.15, 0.2) is 0 Å². The maximum atomic E-state index is 14.3. The number of hydrogen-bond acceptors (Lipinski definition) is 6. The van der Waals surface area contributed by atoms with Crippen molar-refractivity contribution in [2.24, 2.45) is 11.8 Å². The number of aliphatic hydroxyl groups excluding tert-OH is 1. The number of likely N-dealkylation sites (tertiary alicyclic amines) is 1. The van der Waals surface area contributed by atoms with E-state index >= 15 is 0 Å². The molecule has 2 bridgehead atoms. The Morgan fingerprint density at radius 1 is 1.31 bits per heavy atom. The molecule has 0 radical (unpaired) electrons. The van der Waals surface area contributed by atoms with Crippen molar-refractivity contribution in [1.29, 1.82) is 0 Å². The van der Waals surface area contributed by atoms with Crippen molar-refractivity contribution in [3.05, 3.63) is 25.3 Å². The third kappa shape index (κ3) is 4.62. The number of aliphatic hydroxyl groups is 1. The minimum Gasteiger partial charge on any atom is -0.465 e. The van der Waals surface area contributed by atoms with Crippen LogP contribution in [-0.2, 0) is 23.9 Å². The van der Waals surface area contributed by atoms with Gasteiger partial charge in [-0.1, -0.05) is 32.4 Å². The number of rotatable bonds is 14. The monoisotopic (exact) mass is 504 g/mol. The highest BCUT2D eigenvalue weighted by atomic mass is 16.6. The minimum absolute atomic E-state index is 0.0538. The van der Waals surface area contributed by atoms with Gasteiger partial charge in [0.05, 0.1) is 30.8 Å². The van der Waals surface area contributed by atoms with Crippen LogP contribution in [0.5, 0.6) is 0 Å². The highest BCUT2D eigenvalue weighted by molar-refractivity contribution is 5.98. The van der Waals surface area contributed by atoms with Crippen LogP contribution in [0.1, 0.15) is 72.6 Å². The molecule has 1 spiro atoms. The Kier molecular flexibility index (Phi) is 9.04. The zero-order valence-corrected chi connectivity index (χ0v) is 22.4. The van der Waals surface area contributed by atoms with Gasteiger partial charge in [0.2, 0.25) is 11.8 Å². The number of nitrogens with zero attached hydrogens (tertiary/aromatic N) is 2. The van der Waals surface area contributed by atoms with E-state index in [0.29, 0.717) is 32.2 Å². The Morgan fingerprint density at radius 3 is 2.61 bits per heavy atom. The second-order valence-corrected chi connectivity index (χ2v) is 10.7. The van der Waals surface area contributed by atoms with E-state index < -0.39 is 41.1 Å². The molecule has 3 saturated heterocycles. The second kappa shape index (κ2) is 11.5. The Labute approximate surface area is 215 Å². The number of ether oxygens (including phenoxy) is 2. The topological polar surface area (TPSA) is 96.4 Å². The lowest BCUT2D eigenvalue weighted by molar-refractivity contribution is -0.162. The first-order valence-electron chi connectivity index (χ1n) is 13.5. The molecule has 8 heteroatoms. The highest BCUT2D eigenvalue weighted by Crippen LogP contribution is 2.63. The summed E-state index contributed by atoms with van der Waals surface area (Å²) in [5.74, 6) is -2.56. The molecule has 36 heavy (non-hydrogen) atoms. The van der Waals surface area contributed by atoms with E-state index in [4.69, 9.17) is 9.47 Å². The number of fused-ring (bicyclic) bond motifs is 1. The zero-order valence-electron chi connectivity index (χ0n) is 22.4. The molecule has 3 aliphatic rings. The van der Waals surface area contributed by atoms with Crippen LogP contribution in [0.15, 0.2) is 25.3 Å². The van der Waals surface area contributed by atoms with Crippen molar-refractivity contribution in [3.8, 4) is 0 Å². The predicted octanol–water partition coefficient (Wildman–Crippen LogP) is 3.23. The lowest BCUT2D eigenvalue weighted by atomic mass is 9.66. The first kappa shape index (κ1) is 28.4. The first-order valence-corrected chi connectivity index (χ1v) is 13.5. The Balaban J connectivity index is 2.04. The first-order chi connectivity index (χ1) is 17.2. The van der Waals surface area contributed by atoms with Crippen molar-refractivity contribution in [3.63, 3.8) is 0 Å². The summed E-state index contributed by atoms with van der Waals surface area (Å²) in [6.07, 6.45) is 8.11. The molecule has 202 valence electrons. The summed E-state index contributed by atoms with van der Waals surface area (Å²) in [4.78, 5) is 45.0. The fourth-order valence-electron chi connectivity index (χ4n) is 6.65. The molecule has 0 aliphatic carbocycles. The van der Waals surface area contributed by atoms with Crippen molar-refractivity contribution in [1.82, 2.24) is 9.80 Å². The maximum Gasteiger partial charge on any atom is 0.312 e. The Bertz CT molecular complexity index is 857. The molecule has 2 amide bonds. The van der Waals surface area contributed by atoms with Crippen LogP contribution in [0.2, 0.25) is 0 Å². The van der Waals surface area contributed by atoms with Gasteiger partial charge in [-0.3, -0.25) is 14.4 Å². The molecule has 0 aromatic carbocycles. The second-order valence-electron chi connectivity index (χ2n) is 10.7. The highest BCUT2D eigenvalue weighted by Gasteiger charge is 2.79. The quantitative estimate of drug-likeness (QED) is 0.222. The van der Waals surface area contributed by atoms with Gasteiger partial charge < -0.3 is 24.4 Å². The molecule has 3 aliphatic heterocycles. The van der Waals surface area contributed by atoms with E-state index in [-0.39, 0.29) is 31.1 Å². The van der Waals surface area contributed by atoms with Crippen molar-refractivity contribution >= 4 is 17.8 Å². The molecular formula is C28H44N2O6. The van der Waals surface area contributed by atoms with E-state index in [1.54, 1.807) is 17.1 Å². The molecule has 3 fully saturated rings. The predicted molar refractivity (Wildman–Crippen MR) is 137 cm³/mol. The summed E-state index contributed by atoms with van der Waals surface area (Å²) in [6.45, 7) is 15.7. The maximum absolute atomic E-state index is 14.3. The van der Waals surface area contributed by atoms with E-state index in [1.807, 2.05) is 20.8 Å². The number of hydrogen-bond donors (Lipinski definition) is 1. The van der Waals surface area contributed by atoms with E-state index in [1.165, 1.54) is 4.90 Å². The van der Waals surface area contributed by atoms with Gasteiger partial charge in [0.25, 0.3) is 0 Å². The van der Waals surface area contributed by atoms with Gasteiger partial charge in [-0.15, -0.1) is 13.2 Å². The molecule has 3 heterocycles. The zero-order chi connectivity index (χ0) is 26.7. The van der Waals surface area contributed by atoms with Crippen LogP contribution in [0.3, 0.4) is 0 Å². The normalized spacial score (nSPS) is 32.2. The average Bonchev–Trinajstić information content (AvgIpc) is 3.42. The lowest BCUT2D eigenvalue weighted by Gasteiger charge is -2.41. The lowest BCUT2D eigenvalue weighted by Crippen LogP contribution is -2.60. The number of carbonyl (C=O) groups excluding carboxylic acids is 3. The molecule has 0 aromatic rings. The standard InChI is InChI=1S/C28H44N2O6/c1-7-11-12-17-35-26(34)22-21-24(32)30(20(10-4)18-31)23(28(21)15-14-27(22,6)36-28)25(33)29(16-9-3)19(5)13-8-2/h7,9,19-23,31H,1,3,8,10-18H2,2,4-6H3/t19?,20-,21-,22-,23?,27+,28?/m0/s1. The number of amides is 2. The van der Waals surface area contributed by atoms with Crippen LogP contribution >= 0.6 is 0 Å². The summed E-state index contributed by atoms with van der Waals surface area (Å²) < 4.78 is 12.2. The van der Waals surface area contributed by atoms with E-state index in [9.17, 15) is 19.5 Å². The Hall–Kier alpha value is -2.19. The van der Waals surface area contributed by atoms with Gasteiger partial charge in [-0.25, -0.2) is 0 Å². The summed E-state index contributed by atoms with van der Waals surface area (Å²) in [5.41, 5.74) is -2.00. The van der Waals surface area contributed by atoms with Gasteiger partial charge >= 0.3 is 5.97 Å². The molecular weight excluding hydrogens is 460 g/mol. The van der Waals surface area contributed by atoms with Gasteiger partial charge in [0.1, 0.15) is 17.6 Å². The SMILES string of the molecule is C=CCCCOC(=O)[C@@H]1[C@H]2C(=O)N([C@@H](CC)CO)C(C(=O)N(CC=C)C(C)CCC)C23CC[C@@]1(C)O3. The van der Waals surface area contributed by atoms with Gasteiger partial charge in [-0.2, -0.15) is 0 Å². The third-order valence-corrected chi connectivity index (χ3v) is 8.42. The van der Waals surface area contributed by atoms with Crippen LogP contribution in [0, 0.1) is 11.8 Å². The number of esters is 1. The minimum atomic E-state index is -1.12. The summed E-state index contributed by atoms with van der Waals surface area (Å²) in [7, 11) is 0. The molecule has 3 unspecified atom stereocenters. The van der Waals surface area contributed by atoms with Gasteiger partial charge in [-0.05, 0) is 52.4 Å². The number of allylic oxidation sites excluding steroid dienone is 1. The molecule has 1 N–H and O–H groups in total. The van der Waals surface area contributed by atoms with E-state index in [2.05, 4.69) is 20.1 Å². The molecule has 7 atom stereocenters. The van der Waals surface area contributed by atoms with Crippen molar-refractivity contribution in [2.45, 2.75) is 102 Å². The van der Waals surface area contributed by atoms with Crippen LogP contribution < -0.4 is 0 Å². The number of unbranched alkanes of at least 4 members (excludes halogenated alkanes) is 1. The molecule has 3 rings (SSSR count). The smallest absolute Gasteiger partial charge is 0.312 e. The summed E-state index contributed by atoms with van der Waals surface area (Å²) >= 11 is 0. The summed E-state index contributed by atoms with van der Waals surface area (Å²) in [6, 6.07) is -1.51. The molecule has 0 saturated carbocycles.